The molecule has 0 spiro atoms. The van der Waals surface area contributed by atoms with Gasteiger partial charge in [-0.05, 0) is 61.4 Å². The molecule has 4 rings (SSSR count). The lowest BCUT2D eigenvalue weighted by molar-refractivity contribution is -0.119. The largest absolute Gasteiger partial charge is 0.358 e. The molecule has 0 radical (unpaired) electrons. The molecule has 0 fully saturated rings. The molecule has 1 heterocycles. The van der Waals surface area contributed by atoms with E-state index in [1.54, 1.807) is 0 Å². The number of carbonyl (C=O) groups excluding carboxylic acids is 2. The van der Waals surface area contributed by atoms with E-state index in [0.29, 0.717) is 12.1 Å². The number of H-pyrrole nitrogens is 1. The predicted molar refractivity (Wildman–Crippen MR) is 121 cm³/mol. The number of hydrogen-bond donors (Lipinski definition) is 3. The van der Waals surface area contributed by atoms with Gasteiger partial charge in [-0.15, -0.1) is 0 Å². The van der Waals surface area contributed by atoms with Crippen LogP contribution in [0.3, 0.4) is 0 Å². The van der Waals surface area contributed by atoms with Crippen molar-refractivity contribution in [3.05, 3.63) is 64.8 Å². The Kier molecular flexibility index (Phi) is 5.88. The van der Waals surface area contributed by atoms with Crippen LogP contribution >= 0.6 is 0 Å². The first-order chi connectivity index (χ1) is 14.6. The summed E-state index contributed by atoms with van der Waals surface area (Å²) in [4.78, 5) is 28.6. The highest BCUT2D eigenvalue weighted by Gasteiger charge is 2.19. The molecule has 5 nitrogen and oxygen atoms in total. The summed E-state index contributed by atoms with van der Waals surface area (Å²) < 4.78 is 0. The van der Waals surface area contributed by atoms with Crippen LogP contribution < -0.4 is 10.6 Å². The van der Waals surface area contributed by atoms with Crippen molar-refractivity contribution in [1.29, 1.82) is 0 Å². The summed E-state index contributed by atoms with van der Waals surface area (Å²) >= 11 is 0. The van der Waals surface area contributed by atoms with E-state index in [9.17, 15) is 9.59 Å². The van der Waals surface area contributed by atoms with Crippen molar-refractivity contribution >= 4 is 28.4 Å². The van der Waals surface area contributed by atoms with Crippen molar-refractivity contribution in [3.8, 4) is 0 Å². The van der Waals surface area contributed by atoms with E-state index in [1.165, 1.54) is 29.5 Å². The van der Waals surface area contributed by atoms with Crippen LogP contribution in [0.1, 0.15) is 60.3 Å². The van der Waals surface area contributed by atoms with Crippen LogP contribution in [0.15, 0.2) is 42.5 Å². The van der Waals surface area contributed by atoms with Crippen molar-refractivity contribution in [2.45, 2.75) is 52.5 Å². The molecule has 3 N–H and O–H groups in total. The monoisotopic (exact) mass is 403 g/mol. The van der Waals surface area contributed by atoms with Crippen LogP contribution in [0.5, 0.6) is 0 Å². The summed E-state index contributed by atoms with van der Waals surface area (Å²) in [5, 5.41) is 7.15. The number of benzene rings is 2. The van der Waals surface area contributed by atoms with Gasteiger partial charge in [0, 0.05) is 29.2 Å². The Morgan fingerprint density at radius 1 is 1.10 bits per heavy atom. The van der Waals surface area contributed by atoms with Gasteiger partial charge in [0.2, 0.25) is 5.91 Å². The van der Waals surface area contributed by atoms with E-state index in [1.807, 2.05) is 50.2 Å². The van der Waals surface area contributed by atoms with E-state index >= 15 is 0 Å². The number of hydrogen-bond acceptors (Lipinski definition) is 2. The number of nitrogens with one attached hydrogen (secondary N) is 3. The zero-order chi connectivity index (χ0) is 21.1. The number of rotatable bonds is 6. The van der Waals surface area contributed by atoms with E-state index in [0.717, 1.165) is 36.0 Å². The van der Waals surface area contributed by atoms with Gasteiger partial charge in [-0.2, -0.15) is 0 Å². The molecular weight excluding hydrogens is 374 g/mol. The average Bonchev–Trinajstić information content (AvgIpc) is 3.16. The van der Waals surface area contributed by atoms with Crippen LogP contribution in [-0.2, 0) is 24.2 Å². The summed E-state index contributed by atoms with van der Waals surface area (Å²) in [6, 6.07) is 13.6. The maximum Gasteiger partial charge on any atom is 0.253 e. The molecule has 0 bridgehead atoms. The van der Waals surface area contributed by atoms with Gasteiger partial charge in [0.25, 0.3) is 5.91 Å². The number of aryl methyl sites for hydroxylation is 2. The van der Waals surface area contributed by atoms with E-state index < -0.39 is 0 Å². The van der Waals surface area contributed by atoms with Crippen LogP contribution in [0.4, 0.5) is 5.69 Å². The summed E-state index contributed by atoms with van der Waals surface area (Å²) in [6.07, 6.45) is 5.34. The Hall–Kier alpha value is -3.08. The van der Waals surface area contributed by atoms with Crippen molar-refractivity contribution in [2.24, 2.45) is 5.92 Å². The van der Waals surface area contributed by atoms with Gasteiger partial charge in [-0.1, -0.05) is 38.1 Å². The maximum absolute atomic E-state index is 12.9. The average molecular weight is 404 g/mol. The van der Waals surface area contributed by atoms with E-state index in [2.05, 4.69) is 21.7 Å². The molecule has 2 aromatic carbocycles. The molecule has 1 unspecified atom stereocenters. The third-order valence-electron chi connectivity index (χ3n) is 6.09. The molecule has 0 saturated heterocycles. The smallest absolute Gasteiger partial charge is 0.253 e. The fraction of sp³-hybridized carbons (Fsp3) is 0.360. The Balaban J connectivity index is 1.47. The number of para-hydroxylation sites is 1. The lowest BCUT2D eigenvalue weighted by Crippen LogP contribution is -2.23. The number of amides is 2. The van der Waals surface area contributed by atoms with Gasteiger partial charge in [0.1, 0.15) is 0 Å². The first kappa shape index (κ1) is 20.2. The quantitative estimate of drug-likeness (QED) is 0.544. The van der Waals surface area contributed by atoms with Crippen molar-refractivity contribution < 1.29 is 9.59 Å². The Morgan fingerprint density at radius 3 is 2.73 bits per heavy atom. The molecule has 2 amide bonds. The van der Waals surface area contributed by atoms with E-state index in [4.69, 9.17) is 0 Å². The number of anilines is 1. The van der Waals surface area contributed by atoms with Gasteiger partial charge >= 0.3 is 0 Å². The van der Waals surface area contributed by atoms with Crippen molar-refractivity contribution in [3.63, 3.8) is 0 Å². The highest BCUT2D eigenvalue weighted by molar-refractivity contribution is 6.06. The zero-order valence-corrected chi connectivity index (χ0v) is 17.7. The first-order valence-electron chi connectivity index (χ1n) is 10.9. The molecule has 1 aliphatic rings. The number of fused-ring (bicyclic) bond motifs is 3. The second-order valence-electron chi connectivity index (χ2n) is 8.20. The highest BCUT2D eigenvalue weighted by atomic mass is 16.2. The minimum atomic E-state index is -0.0896. The minimum absolute atomic E-state index is 0.0149. The molecule has 1 aliphatic carbocycles. The molecule has 3 aromatic rings. The SMILES string of the molecule is CCC(C)C(=O)Nc1cccc(CNC(=O)c2cccc3c4c([nH]c23)CCCC4)c1. The lowest BCUT2D eigenvalue weighted by atomic mass is 9.95. The summed E-state index contributed by atoms with van der Waals surface area (Å²) in [5.41, 5.74) is 5.98. The standard InChI is InChI=1S/C25H29N3O2/c1-3-16(2)24(29)27-18-9-6-8-17(14-18)15-26-25(30)21-12-7-11-20-19-10-4-5-13-22(19)28-23(20)21/h6-9,11-12,14,16,28H,3-5,10,13,15H2,1-2H3,(H,26,30)(H,27,29). The van der Waals surface area contributed by atoms with Gasteiger partial charge in [-0.25, -0.2) is 0 Å². The number of aromatic nitrogens is 1. The lowest BCUT2D eigenvalue weighted by Gasteiger charge is -2.12. The van der Waals surface area contributed by atoms with E-state index in [-0.39, 0.29) is 17.7 Å². The minimum Gasteiger partial charge on any atom is -0.358 e. The normalized spacial score (nSPS) is 14.2. The fourth-order valence-electron chi connectivity index (χ4n) is 4.11. The summed E-state index contributed by atoms with van der Waals surface area (Å²) in [5.74, 6) is -0.102. The first-order valence-corrected chi connectivity index (χ1v) is 10.9. The Labute approximate surface area is 177 Å². The Morgan fingerprint density at radius 2 is 1.90 bits per heavy atom. The molecule has 1 atom stereocenters. The zero-order valence-electron chi connectivity index (χ0n) is 17.7. The van der Waals surface area contributed by atoms with Gasteiger partial charge in [0.15, 0.2) is 0 Å². The van der Waals surface area contributed by atoms with Gasteiger partial charge in [-0.3, -0.25) is 9.59 Å². The van der Waals surface area contributed by atoms with Crippen LogP contribution in [0.2, 0.25) is 0 Å². The summed E-state index contributed by atoms with van der Waals surface area (Å²) in [6.45, 7) is 4.32. The van der Waals surface area contributed by atoms with Crippen LogP contribution in [0.25, 0.3) is 10.9 Å². The van der Waals surface area contributed by atoms with Crippen LogP contribution in [-0.4, -0.2) is 16.8 Å². The van der Waals surface area contributed by atoms with Crippen molar-refractivity contribution in [1.82, 2.24) is 10.3 Å². The second-order valence-corrected chi connectivity index (χ2v) is 8.20. The van der Waals surface area contributed by atoms with Gasteiger partial charge < -0.3 is 15.6 Å². The summed E-state index contributed by atoms with van der Waals surface area (Å²) in [7, 11) is 0. The van der Waals surface area contributed by atoms with Crippen molar-refractivity contribution in [2.75, 3.05) is 5.32 Å². The molecular formula is C25H29N3O2. The number of aromatic amines is 1. The highest BCUT2D eigenvalue weighted by Crippen LogP contribution is 2.30. The third-order valence-corrected chi connectivity index (χ3v) is 6.09. The molecule has 30 heavy (non-hydrogen) atoms. The second kappa shape index (κ2) is 8.74. The molecule has 5 heteroatoms. The molecule has 1 aromatic heterocycles. The number of carbonyl (C=O) groups is 2. The fourth-order valence-corrected chi connectivity index (χ4v) is 4.11. The van der Waals surface area contributed by atoms with Gasteiger partial charge in [0.05, 0.1) is 11.1 Å². The maximum atomic E-state index is 12.9. The predicted octanol–water partition coefficient (Wildman–Crippen LogP) is 4.96. The molecule has 156 valence electrons. The molecule has 0 saturated carbocycles. The third kappa shape index (κ3) is 4.11. The topological polar surface area (TPSA) is 74.0 Å². The Bertz CT molecular complexity index is 1080. The molecule has 0 aliphatic heterocycles. The van der Waals surface area contributed by atoms with Crippen LogP contribution in [0, 0.1) is 5.92 Å².